The molecule has 1 rings (SSSR count). The van der Waals surface area contributed by atoms with E-state index in [1.54, 1.807) is 0 Å². The van der Waals surface area contributed by atoms with Crippen molar-refractivity contribution in [1.82, 2.24) is 0 Å². The molecule has 0 radical (unpaired) electrons. The van der Waals surface area contributed by atoms with Crippen molar-refractivity contribution in [2.24, 2.45) is 0 Å². The smallest absolute Gasteiger partial charge is 0.177 e. The minimum absolute atomic E-state index is 0.167. The summed E-state index contributed by atoms with van der Waals surface area (Å²) in [7, 11) is 0. The molecular weight excluding hydrogens is 202 g/mol. The number of hydrogen-bond donors (Lipinski definition) is 0. The van der Waals surface area contributed by atoms with Gasteiger partial charge < -0.3 is 0 Å². The number of halogens is 3. The van der Waals surface area contributed by atoms with Crippen molar-refractivity contribution in [1.29, 1.82) is 0 Å². The molecule has 0 aromatic heterocycles. The molecule has 0 fully saturated rings. The summed E-state index contributed by atoms with van der Waals surface area (Å²) in [5, 5.41) is 0.198. The molecule has 0 N–H and O–H groups in total. The lowest BCUT2D eigenvalue weighted by atomic mass is 10.1. The van der Waals surface area contributed by atoms with Crippen molar-refractivity contribution in [3.8, 4) is 0 Å². The highest BCUT2D eigenvalue weighted by molar-refractivity contribution is 6.32. The summed E-state index contributed by atoms with van der Waals surface area (Å²) in [4.78, 5) is 11.0. The minimum atomic E-state index is -0.532. The zero-order valence-electron chi connectivity index (χ0n) is 5.98. The van der Waals surface area contributed by atoms with Gasteiger partial charge in [0.05, 0.1) is 5.88 Å². The first-order valence-corrected chi connectivity index (χ1v) is 4.10. The molecule has 0 unspecified atom stereocenters. The van der Waals surface area contributed by atoms with Crippen LogP contribution in [0.25, 0.3) is 0 Å². The molecule has 12 heavy (non-hydrogen) atoms. The third kappa shape index (κ3) is 2.19. The lowest BCUT2D eigenvalue weighted by Crippen LogP contribution is -2.00. The molecule has 1 aromatic rings. The molecule has 0 spiro atoms. The number of Topliss-reactive ketones (excluding diaryl/α,β-unsaturated/α-hetero) is 1. The Kier molecular flexibility index (Phi) is 3.06. The van der Waals surface area contributed by atoms with E-state index in [0.717, 1.165) is 12.1 Å². The molecule has 0 bridgehead atoms. The minimum Gasteiger partial charge on any atom is -0.293 e. The molecular formula is C8H5Cl2FO. The van der Waals surface area contributed by atoms with Gasteiger partial charge >= 0.3 is 0 Å². The van der Waals surface area contributed by atoms with E-state index in [2.05, 4.69) is 0 Å². The van der Waals surface area contributed by atoms with Gasteiger partial charge in [0.1, 0.15) is 5.82 Å². The largest absolute Gasteiger partial charge is 0.293 e. The van der Waals surface area contributed by atoms with Crippen molar-refractivity contribution in [2.45, 2.75) is 0 Å². The standard InChI is InChI=1S/C8H5Cl2FO/c9-4-8(12)5-1-6(10)3-7(11)2-5/h1-3H,4H2. The summed E-state index contributed by atoms with van der Waals surface area (Å²) in [6.45, 7) is 0. The molecule has 0 aliphatic heterocycles. The van der Waals surface area contributed by atoms with Crippen LogP contribution in [-0.4, -0.2) is 11.7 Å². The highest BCUT2D eigenvalue weighted by Crippen LogP contribution is 2.14. The van der Waals surface area contributed by atoms with Gasteiger partial charge in [-0.3, -0.25) is 4.79 Å². The lowest BCUT2D eigenvalue weighted by Gasteiger charge is -1.97. The summed E-state index contributed by atoms with van der Waals surface area (Å²) in [6, 6.07) is 3.62. The zero-order chi connectivity index (χ0) is 9.14. The number of hydrogen-bond acceptors (Lipinski definition) is 1. The first-order chi connectivity index (χ1) is 5.63. The van der Waals surface area contributed by atoms with Gasteiger partial charge in [-0.05, 0) is 18.2 Å². The number of benzene rings is 1. The van der Waals surface area contributed by atoms with E-state index in [9.17, 15) is 9.18 Å². The first kappa shape index (κ1) is 9.49. The Hall–Kier alpha value is -0.600. The van der Waals surface area contributed by atoms with E-state index in [1.165, 1.54) is 6.07 Å². The molecule has 0 aliphatic carbocycles. The maximum absolute atomic E-state index is 12.6. The fourth-order valence-corrected chi connectivity index (χ4v) is 1.17. The van der Waals surface area contributed by atoms with Crippen LogP contribution in [0.5, 0.6) is 0 Å². The van der Waals surface area contributed by atoms with E-state index in [1.807, 2.05) is 0 Å². The molecule has 0 heterocycles. The number of rotatable bonds is 2. The monoisotopic (exact) mass is 206 g/mol. The summed E-state index contributed by atoms with van der Waals surface area (Å²) in [6.07, 6.45) is 0. The number of ketones is 1. The van der Waals surface area contributed by atoms with E-state index in [4.69, 9.17) is 23.2 Å². The fourth-order valence-electron chi connectivity index (χ4n) is 0.792. The van der Waals surface area contributed by atoms with Crippen LogP contribution in [0, 0.1) is 5.82 Å². The van der Waals surface area contributed by atoms with E-state index in [0.29, 0.717) is 0 Å². The van der Waals surface area contributed by atoms with Crippen LogP contribution in [0.3, 0.4) is 0 Å². The van der Waals surface area contributed by atoms with Gasteiger partial charge in [-0.2, -0.15) is 0 Å². The van der Waals surface area contributed by atoms with E-state index in [-0.39, 0.29) is 22.2 Å². The zero-order valence-corrected chi connectivity index (χ0v) is 7.49. The van der Waals surface area contributed by atoms with Crippen molar-refractivity contribution in [3.05, 3.63) is 34.6 Å². The average Bonchev–Trinajstić information content (AvgIpc) is 2.01. The van der Waals surface area contributed by atoms with Gasteiger partial charge in [0.25, 0.3) is 0 Å². The Morgan fingerprint density at radius 3 is 2.58 bits per heavy atom. The van der Waals surface area contributed by atoms with Crippen LogP contribution >= 0.6 is 23.2 Å². The summed E-state index contributed by atoms with van der Waals surface area (Å²) < 4.78 is 12.6. The Morgan fingerprint density at radius 2 is 2.08 bits per heavy atom. The molecule has 0 saturated carbocycles. The maximum Gasteiger partial charge on any atom is 0.177 e. The topological polar surface area (TPSA) is 17.1 Å². The van der Waals surface area contributed by atoms with Crippen molar-refractivity contribution < 1.29 is 9.18 Å². The van der Waals surface area contributed by atoms with Crippen LogP contribution in [-0.2, 0) is 0 Å². The van der Waals surface area contributed by atoms with Gasteiger partial charge in [0, 0.05) is 10.6 Å². The van der Waals surface area contributed by atoms with Crippen LogP contribution < -0.4 is 0 Å². The van der Waals surface area contributed by atoms with E-state index < -0.39 is 5.82 Å². The van der Waals surface area contributed by atoms with Crippen molar-refractivity contribution >= 4 is 29.0 Å². The molecule has 1 aromatic carbocycles. The summed E-state index contributed by atoms with van der Waals surface area (Å²) >= 11 is 10.8. The van der Waals surface area contributed by atoms with Gasteiger partial charge in [0.2, 0.25) is 0 Å². The maximum atomic E-state index is 12.6. The molecule has 0 aliphatic rings. The van der Waals surface area contributed by atoms with Gasteiger partial charge in [0.15, 0.2) is 5.78 Å². The lowest BCUT2D eigenvalue weighted by molar-refractivity contribution is 0.102. The number of carbonyl (C=O) groups excluding carboxylic acids is 1. The SMILES string of the molecule is O=C(CCl)c1cc(F)cc(Cl)c1. The Bertz CT molecular complexity index is 292. The highest BCUT2D eigenvalue weighted by atomic mass is 35.5. The molecule has 64 valence electrons. The molecule has 4 heteroatoms. The summed E-state index contributed by atoms with van der Waals surface area (Å²) in [5.41, 5.74) is 0.204. The normalized spacial score (nSPS) is 9.92. The van der Waals surface area contributed by atoms with Gasteiger partial charge in [-0.15, -0.1) is 11.6 Å². The van der Waals surface area contributed by atoms with Gasteiger partial charge in [-0.25, -0.2) is 4.39 Å². The number of alkyl halides is 1. The molecule has 0 atom stereocenters. The first-order valence-electron chi connectivity index (χ1n) is 3.18. The van der Waals surface area contributed by atoms with Gasteiger partial charge in [-0.1, -0.05) is 11.6 Å². The third-order valence-corrected chi connectivity index (χ3v) is 1.77. The molecule has 0 saturated heterocycles. The van der Waals surface area contributed by atoms with E-state index >= 15 is 0 Å². The fraction of sp³-hybridized carbons (Fsp3) is 0.125. The second kappa shape index (κ2) is 3.87. The quantitative estimate of drug-likeness (QED) is 0.538. The number of carbonyl (C=O) groups is 1. The van der Waals surface area contributed by atoms with Crippen LogP contribution in [0.15, 0.2) is 18.2 Å². The third-order valence-electron chi connectivity index (χ3n) is 1.31. The second-order valence-electron chi connectivity index (χ2n) is 2.21. The van der Waals surface area contributed by atoms with Crippen molar-refractivity contribution in [3.63, 3.8) is 0 Å². The molecule has 0 amide bonds. The Morgan fingerprint density at radius 1 is 1.42 bits per heavy atom. The Labute approximate surface area is 79.1 Å². The average molecular weight is 207 g/mol. The Balaban J connectivity index is 3.08. The summed E-state index contributed by atoms with van der Waals surface area (Å²) in [5.74, 6) is -1.03. The van der Waals surface area contributed by atoms with Crippen LogP contribution in [0.1, 0.15) is 10.4 Å². The van der Waals surface area contributed by atoms with Crippen LogP contribution in [0.4, 0.5) is 4.39 Å². The predicted octanol–water partition coefficient (Wildman–Crippen LogP) is 2.90. The van der Waals surface area contributed by atoms with Crippen LogP contribution in [0.2, 0.25) is 5.02 Å². The predicted molar refractivity (Wildman–Crippen MR) is 46.5 cm³/mol. The highest BCUT2D eigenvalue weighted by Gasteiger charge is 2.06. The van der Waals surface area contributed by atoms with Crippen molar-refractivity contribution in [2.75, 3.05) is 5.88 Å². The second-order valence-corrected chi connectivity index (χ2v) is 2.92. The molecule has 1 nitrogen and oxygen atoms in total.